The van der Waals surface area contributed by atoms with Crippen LogP contribution in [0, 0.1) is 10.1 Å². The van der Waals surface area contributed by atoms with Gasteiger partial charge in [0.25, 0.3) is 0 Å². The fourth-order valence-electron chi connectivity index (χ4n) is 1.54. The van der Waals surface area contributed by atoms with Gasteiger partial charge in [0, 0.05) is 11.6 Å². The minimum Gasteiger partial charge on any atom is -0.472 e. The van der Waals surface area contributed by atoms with Crippen molar-refractivity contribution in [3.8, 4) is 5.75 Å². The summed E-state index contributed by atoms with van der Waals surface area (Å²) in [4.78, 5) is 32.5. The molecule has 1 atom stereocenters. The number of esters is 1. The quantitative estimate of drug-likeness (QED) is 0.329. The molecule has 0 aromatic heterocycles. The van der Waals surface area contributed by atoms with Crippen LogP contribution in [0.5, 0.6) is 5.75 Å². The van der Waals surface area contributed by atoms with Crippen LogP contribution in [0.2, 0.25) is 0 Å². The molecule has 0 N–H and O–H groups in total. The molecule has 20 heavy (non-hydrogen) atoms. The van der Waals surface area contributed by atoms with Crippen LogP contribution >= 0.6 is 0 Å². The van der Waals surface area contributed by atoms with Gasteiger partial charge in [-0.05, 0) is 25.5 Å². The van der Waals surface area contributed by atoms with Gasteiger partial charge >= 0.3 is 11.7 Å². The van der Waals surface area contributed by atoms with E-state index in [2.05, 4.69) is 0 Å². The molecule has 108 valence electrons. The standard InChI is InChI=1S/C13H15NO6/c1-3-11(13(16)19-4-2)20-12-6-5-9(8-15)7-10(12)14(17)18/h5-8,11H,3-4H2,1-2H3. The van der Waals surface area contributed by atoms with Gasteiger partial charge in [0.15, 0.2) is 11.9 Å². The second kappa shape index (κ2) is 7.22. The lowest BCUT2D eigenvalue weighted by molar-refractivity contribution is -0.386. The Bertz CT molecular complexity index is 514. The second-order valence-electron chi connectivity index (χ2n) is 3.87. The van der Waals surface area contributed by atoms with Crippen LogP contribution in [0.1, 0.15) is 30.6 Å². The Morgan fingerprint density at radius 2 is 2.15 bits per heavy atom. The Balaban J connectivity index is 3.03. The van der Waals surface area contributed by atoms with Gasteiger partial charge in [-0.15, -0.1) is 0 Å². The molecule has 0 heterocycles. The van der Waals surface area contributed by atoms with Crippen molar-refractivity contribution < 1.29 is 24.0 Å². The first-order valence-corrected chi connectivity index (χ1v) is 6.10. The number of aldehydes is 1. The smallest absolute Gasteiger partial charge is 0.347 e. The van der Waals surface area contributed by atoms with Crippen molar-refractivity contribution in [2.75, 3.05) is 6.61 Å². The summed E-state index contributed by atoms with van der Waals surface area (Å²) in [5, 5.41) is 10.9. The number of ether oxygens (including phenoxy) is 2. The van der Waals surface area contributed by atoms with E-state index >= 15 is 0 Å². The van der Waals surface area contributed by atoms with Gasteiger partial charge in [-0.25, -0.2) is 4.79 Å². The van der Waals surface area contributed by atoms with Gasteiger partial charge in [0.1, 0.15) is 6.29 Å². The van der Waals surface area contributed by atoms with Gasteiger partial charge in [-0.3, -0.25) is 14.9 Å². The molecule has 0 amide bonds. The number of hydrogen-bond acceptors (Lipinski definition) is 6. The Hall–Kier alpha value is -2.44. The molecule has 0 saturated carbocycles. The van der Waals surface area contributed by atoms with Crippen molar-refractivity contribution in [1.29, 1.82) is 0 Å². The van der Waals surface area contributed by atoms with E-state index in [1.165, 1.54) is 12.1 Å². The lowest BCUT2D eigenvalue weighted by Crippen LogP contribution is -2.28. The van der Waals surface area contributed by atoms with Crippen molar-refractivity contribution in [2.24, 2.45) is 0 Å². The number of nitro benzene ring substituents is 1. The summed E-state index contributed by atoms with van der Waals surface area (Å²) in [5.41, 5.74) is -0.203. The molecule has 0 aliphatic carbocycles. The lowest BCUT2D eigenvalue weighted by Gasteiger charge is -2.15. The Kier molecular flexibility index (Phi) is 5.64. The zero-order valence-corrected chi connectivity index (χ0v) is 11.2. The first-order chi connectivity index (χ1) is 9.53. The summed E-state index contributed by atoms with van der Waals surface area (Å²) in [6.07, 6.45) is -0.110. The van der Waals surface area contributed by atoms with Crippen molar-refractivity contribution in [2.45, 2.75) is 26.4 Å². The summed E-state index contributed by atoms with van der Waals surface area (Å²) >= 11 is 0. The minimum absolute atomic E-state index is 0.0690. The molecule has 0 aliphatic heterocycles. The number of benzene rings is 1. The topological polar surface area (TPSA) is 95.7 Å². The van der Waals surface area contributed by atoms with E-state index in [0.29, 0.717) is 12.7 Å². The van der Waals surface area contributed by atoms with E-state index in [0.717, 1.165) is 6.07 Å². The van der Waals surface area contributed by atoms with E-state index in [9.17, 15) is 19.7 Å². The number of nitrogens with zero attached hydrogens (tertiary/aromatic N) is 1. The number of nitro groups is 1. The Morgan fingerprint density at radius 3 is 2.65 bits per heavy atom. The van der Waals surface area contributed by atoms with E-state index < -0.39 is 17.0 Å². The molecular formula is C13H15NO6. The normalized spacial score (nSPS) is 11.5. The molecule has 0 radical (unpaired) electrons. The predicted octanol–water partition coefficient (Wildman–Crippen LogP) is 2.13. The highest BCUT2D eigenvalue weighted by atomic mass is 16.6. The van der Waals surface area contributed by atoms with E-state index in [1.54, 1.807) is 13.8 Å². The maximum absolute atomic E-state index is 11.6. The SMILES string of the molecule is CCOC(=O)C(CC)Oc1ccc(C=O)cc1[N+](=O)[O-]. The van der Waals surface area contributed by atoms with E-state index in [-0.39, 0.29) is 23.6 Å². The van der Waals surface area contributed by atoms with Crippen LogP contribution < -0.4 is 4.74 Å². The summed E-state index contributed by atoms with van der Waals surface area (Å²) in [7, 11) is 0. The largest absolute Gasteiger partial charge is 0.472 e. The highest BCUT2D eigenvalue weighted by molar-refractivity contribution is 5.78. The first-order valence-electron chi connectivity index (χ1n) is 6.10. The fraction of sp³-hybridized carbons (Fsp3) is 0.385. The maximum atomic E-state index is 11.6. The molecule has 0 fully saturated rings. The molecule has 7 heteroatoms. The van der Waals surface area contributed by atoms with E-state index in [1.807, 2.05) is 0 Å². The van der Waals surface area contributed by atoms with Crippen molar-refractivity contribution in [1.82, 2.24) is 0 Å². The molecule has 1 unspecified atom stereocenters. The minimum atomic E-state index is -0.921. The molecule has 1 rings (SSSR count). The lowest BCUT2D eigenvalue weighted by atomic mass is 10.2. The molecular weight excluding hydrogens is 266 g/mol. The highest BCUT2D eigenvalue weighted by Gasteiger charge is 2.24. The van der Waals surface area contributed by atoms with Gasteiger partial charge in [-0.2, -0.15) is 0 Å². The number of hydrogen-bond donors (Lipinski definition) is 0. The summed E-state index contributed by atoms with van der Waals surface area (Å²) in [6, 6.07) is 3.77. The van der Waals surface area contributed by atoms with Gasteiger partial charge < -0.3 is 9.47 Å². The summed E-state index contributed by atoms with van der Waals surface area (Å²) < 4.78 is 10.2. The first kappa shape index (κ1) is 15.6. The van der Waals surface area contributed by atoms with Crippen LogP contribution in [0.25, 0.3) is 0 Å². The van der Waals surface area contributed by atoms with Crippen molar-refractivity contribution in [3.63, 3.8) is 0 Å². The molecule has 7 nitrogen and oxygen atoms in total. The second-order valence-corrected chi connectivity index (χ2v) is 3.87. The van der Waals surface area contributed by atoms with Crippen molar-refractivity contribution >= 4 is 17.9 Å². The zero-order chi connectivity index (χ0) is 15.1. The van der Waals surface area contributed by atoms with Crippen LogP contribution in [-0.4, -0.2) is 29.9 Å². The van der Waals surface area contributed by atoms with Crippen LogP contribution in [0.4, 0.5) is 5.69 Å². The van der Waals surface area contributed by atoms with Gasteiger partial charge in [0.05, 0.1) is 11.5 Å². The van der Waals surface area contributed by atoms with Gasteiger partial charge in [-0.1, -0.05) is 6.92 Å². The predicted molar refractivity (Wildman–Crippen MR) is 69.8 cm³/mol. The molecule has 1 aromatic rings. The Morgan fingerprint density at radius 1 is 1.45 bits per heavy atom. The van der Waals surface area contributed by atoms with Gasteiger partial charge in [0.2, 0.25) is 0 Å². The van der Waals surface area contributed by atoms with Crippen molar-refractivity contribution in [3.05, 3.63) is 33.9 Å². The van der Waals surface area contributed by atoms with E-state index in [4.69, 9.17) is 9.47 Å². The fourth-order valence-corrected chi connectivity index (χ4v) is 1.54. The highest BCUT2D eigenvalue weighted by Crippen LogP contribution is 2.29. The third-order valence-electron chi connectivity index (χ3n) is 2.51. The average molecular weight is 281 g/mol. The molecule has 0 spiro atoms. The molecule has 0 saturated heterocycles. The number of carbonyl (C=O) groups excluding carboxylic acids is 2. The summed E-state index contributed by atoms with van der Waals surface area (Å²) in [5.74, 6) is -0.649. The third kappa shape index (κ3) is 3.78. The molecule has 0 bridgehead atoms. The van der Waals surface area contributed by atoms with Crippen LogP contribution in [-0.2, 0) is 9.53 Å². The number of rotatable bonds is 7. The Labute approximate surface area is 115 Å². The number of carbonyl (C=O) groups is 2. The molecule has 1 aromatic carbocycles. The maximum Gasteiger partial charge on any atom is 0.347 e. The zero-order valence-electron chi connectivity index (χ0n) is 11.2. The van der Waals surface area contributed by atoms with Crippen LogP contribution in [0.3, 0.4) is 0 Å². The monoisotopic (exact) mass is 281 g/mol. The van der Waals surface area contributed by atoms with Crippen LogP contribution in [0.15, 0.2) is 18.2 Å². The summed E-state index contributed by atoms with van der Waals surface area (Å²) in [6.45, 7) is 3.56. The third-order valence-corrected chi connectivity index (χ3v) is 2.51. The molecule has 0 aliphatic rings. The average Bonchev–Trinajstić information content (AvgIpc) is 2.44.